The van der Waals surface area contributed by atoms with Gasteiger partial charge >= 0.3 is 5.97 Å². The molecular formula is C21H20N2O5S2. The molecule has 1 aromatic carbocycles. The Labute approximate surface area is 181 Å². The Morgan fingerprint density at radius 2 is 1.80 bits per heavy atom. The third-order valence-corrected chi connectivity index (χ3v) is 6.22. The molecule has 2 heterocycles. The molecule has 0 aliphatic heterocycles. The van der Waals surface area contributed by atoms with Crippen molar-refractivity contribution in [2.75, 3.05) is 24.4 Å². The van der Waals surface area contributed by atoms with Crippen molar-refractivity contribution >= 4 is 51.1 Å². The number of ether oxygens (including phenoxy) is 2. The van der Waals surface area contributed by atoms with Crippen LogP contribution in [0.25, 0.3) is 0 Å². The summed E-state index contributed by atoms with van der Waals surface area (Å²) in [6.07, 6.45) is 0. The topological polar surface area (TPSA) is 93.7 Å². The van der Waals surface area contributed by atoms with Gasteiger partial charge in [0.15, 0.2) is 0 Å². The van der Waals surface area contributed by atoms with E-state index in [2.05, 4.69) is 10.6 Å². The fourth-order valence-corrected chi connectivity index (χ4v) is 4.47. The molecule has 0 bridgehead atoms. The lowest BCUT2D eigenvalue weighted by molar-refractivity contribution is 0.0601. The van der Waals surface area contributed by atoms with Crippen LogP contribution in [-0.2, 0) is 4.74 Å². The average Bonchev–Trinajstić information content (AvgIpc) is 3.38. The molecule has 2 aromatic heterocycles. The summed E-state index contributed by atoms with van der Waals surface area (Å²) in [5.74, 6) is -0.850. The Bertz CT molecular complexity index is 1070. The molecule has 0 aliphatic rings. The van der Waals surface area contributed by atoms with Gasteiger partial charge in [-0.3, -0.25) is 9.59 Å². The minimum Gasteiger partial charge on any atom is -0.492 e. The van der Waals surface area contributed by atoms with Crippen molar-refractivity contribution in [2.45, 2.75) is 13.8 Å². The molecule has 0 atom stereocenters. The first kappa shape index (κ1) is 21.5. The fraction of sp³-hybridized carbons (Fsp3) is 0.190. The number of anilines is 2. The van der Waals surface area contributed by atoms with Gasteiger partial charge in [0, 0.05) is 0 Å². The molecule has 0 aliphatic carbocycles. The van der Waals surface area contributed by atoms with E-state index in [1.807, 2.05) is 13.0 Å². The second kappa shape index (κ2) is 9.55. The summed E-state index contributed by atoms with van der Waals surface area (Å²) in [6, 6.07) is 10.5. The number of thiophene rings is 2. The Kier molecular flexibility index (Phi) is 6.86. The van der Waals surface area contributed by atoms with E-state index in [0.29, 0.717) is 33.4 Å². The van der Waals surface area contributed by atoms with E-state index >= 15 is 0 Å². The average molecular weight is 445 g/mol. The van der Waals surface area contributed by atoms with Gasteiger partial charge in [-0.1, -0.05) is 18.2 Å². The van der Waals surface area contributed by atoms with E-state index in [4.69, 9.17) is 9.47 Å². The number of esters is 1. The summed E-state index contributed by atoms with van der Waals surface area (Å²) in [5.41, 5.74) is 1.11. The van der Waals surface area contributed by atoms with Crippen LogP contribution in [0, 0.1) is 6.92 Å². The SMILES string of the molecule is CCOc1ccccc1NC(=O)c1sc(NC(=O)c2cccs2)c(C(=O)OC)c1C. The van der Waals surface area contributed by atoms with Gasteiger partial charge in [0.2, 0.25) is 0 Å². The highest BCUT2D eigenvalue weighted by Crippen LogP contribution is 2.35. The maximum Gasteiger partial charge on any atom is 0.341 e. The van der Waals surface area contributed by atoms with Crippen LogP contribution < -0.4 is 15.4 Å². The number of benzene rings is 1. The van der Waals surface area contributed by atoms with E-state index in [1.54, 1.807) is 42.6 Å². The van der Waals surface area contributed by atoms with Crippen LogP contribution in [-0.4, -0.2) is 31.5 Å². The Balaban J connectivity index is 1.93. The van der Waals surface area contributed by atoms with Crippen molar-refractivity contribution < 1.29 is 23.9 Å². The van der Waals surface area contributed by atoms with Crippen LogP contribution in [0.15, 0.2) is 41.8 Å². The number of hydrogen-bond donors (Lipinski definition) is 2. The van der Waals surface area contributed by atoms with Gasteiger partial charge in [0.1, 0.15) is 10.8 Å². The lowest BCUT2D eigenvalue weighted by atomic mass is 10.1. The number of carbonyl (C=O) groups excluding carboxylic acids is 3. The normalized spacial score (nSPS) is 10.4. The summed E-state index contributed by atoms with van der Waals surface area (Å²) >= 11 is 2.30. The highest BCUT2D eigenvalue weighted by molar-refractivity contribution is 7.19. The Morgan fingerprint density at radius 3 is 2.47 bits per heavy atom. The largest absolute Gasteiger partial charge is 0.492 e. The second-order valence-corrected chi connectivity index (χ2v) is 8.03. The van der Waals surface area contributed by atoms with Crippen molar-refractivity contribution in [1.82, 2.24) is 0 Å². The zero-order chi connectivity index (χ0) is 21.7. The van der Waals surface area contributed by atoms with Gasteiger partial charge in [-0.25, -0.2) is 4.79 Å². The Hall–Kier alpha value is -3.17. The maximum absolute atomic E-state index is 13.0. The van der Waals surface area contributed by atoms with Crippen LogP contribution in [0.5, 0.6) is 5.75 Å². The van der Waals surface area contributed by atoms with E-state index in [-0.39, 0.29) is 16.5 Å². The first-order valence-corrected chi connectivity index (χ1v) is 10.8. The first-order valence-electron chi connectivity index (χ1n) is 9.06. The van der Waals surface area contributed by atoms with Crippen LogP contribution >= 0.6 is 22.7 Å². The second-order valence-electron chi connectivity index (χ2n) is 6.07. The van der Waals surface area contributed by atoms with Gasteiger partial charge in [0.25, 0.3) is 11.8 Å². The third-order valence-electron chi connectivity index (χ3n) is 4.15. The van der Waals surface area contributed by atoms with E-state index in [9.17, 15) is 14.4 Å². The molecule has 2 amide bonds. The molecule has 3 rings (SSSR count). The third kappa shape index (κ3) is 4.52. The summed E-state index contributed by atoms with van der Waals surface area (Å²) in [6.45, 7) is 3.95. The molecule has 0 unspecified atom stereocenters. The van der Waals surface area contributed by atoms with Gasteiger partial charge in [-0.15, -0.1) is 22.7 Å². The van der Waals surface area contributed by atoms with E-state index in [0.717, 1.165) is 11.3 Å². The number of hydrogen-bond acceptors (Lipinski definition) is 7. The summed E-state index contributed by atoms with van der Waals surface area (Å²) in [7, 11) is 1.25. The standard InChI is InChI=1S/C21H20N2O5S2/c1-4-28-14-9-6-5-8-13(14)22-19(25)17-12(2)16(21(26)27-3)20(30-17)23-18(24)15-10-7-11-29-15/h5-11H,4H2,1-3H3,(H,22,25)(H,23,24). The molecule has 0 saturated carbocycles. The van der Waals surface area contributed by atoms with Crippen LogP contribution in [0.4, 0.5) is 10.7 Å². The summed E-state index contributed by atoms with van der Waals surface area (Å²) in [4.78, 5) is 38.6. The quantitative estimate of drug-likeness (QED) is 0.510. The molecule has 0 fully saturated rings. The van der Waals surface area contributed by atoms with Gasteiger partial charge in [-0.05, 0) is 43.0 Å². The van der Waals surface area contributed by atoms with Crippen LogP contribution in [0.1, 0.15) is 42.2 Å². The molecule has 0 radical (unpaired) electrons. The monoisotopic (exact) mass is 444 g/mol. The molecular weight excluding hydrogens is 424 g/mol. The van der Waals surface area contributed by atoms with Gasteiger partial charge < -0.3 is 20.1 Å². The number of nitrogens with one attached hydrogen (secondary N) is 2. The molecule has 2 N–H and O–H groups in total. The molecule has 3 aromatic rings. The predicted octanol–water partition coefficient (Wildman–Crippen LogP) is 4.81. The molecule has 7 nitrogen and oxygen atoms in total. The zero-order valence-electron chi connectivity index (χ0n) is 16.6. The number of carbonyl (C=O) groups is 3. The maximum atomic E-state index is 13.0. The lowest BCUT2D eigenvalue weighted by Crippen LogP contribution is -2.14. The fourth-order valence-electron chi connectivity index (χ4n) is 2.77. The summed E-state index contributed by atoms with van der Waals surface area (Å²) < 4.78 is 10.4. The molecule has 9 heteroatoms. The molecule has 156 valence electrons. The smallest absolute Gasteiger partial charge is 0.341 e. The molecule has 0 saturated heterocycles. The van der Waals surface area contributed by atoms with Crippen molar-refractivity contribution in [3.05, 3.63) is 62.7 Å². The number of methoxy groups -OCH3 is 1. The van der Waals surface area contributed by atoms with Gasteiger partial charge in [0.05, 0.1) is 34.7 Å². The zero-order valence-corrected chi connectivity index (χ0v) is 18.2. The number of amides is 2. The minimum atomic E-state index is -0.626. The number of rotatable bonds is 7. The van der Waals surface area contributed by atoms with Crippen molar-refractivity contribution in [3.8, 4) is 5.75 Å². The van der Waals surface area contributed by atoms with Crippen molar-refractivity contribution in [3.63, 3.8) is 0 Å². The van der Waals surface area contributed by atoms with Crippen LogP contribution in [0.2, 0.25) is 0 Å². The minimum absolute atomic E-state index is 0.163. The lowest BCUT2D eigenvalue weighted by Gasteiger charge is -2.11. The van der Waals surface area contributed by atoms with E-state index in [1.165, 1.54) is 18.4 Å². The van der Waals surface area contributed by atoms with E-state index < -0.39 is 11.9 Å². The van der Waals surface area contributed by atoms with Crippen molar-refractivity contribution in [1.29, 1.82) is 0 Å². The predicted molar refractivity (Wildman–Crippen MR) is 118 cm³/mol. The summed E-state index contributed by atoms with van der Waals surface area (Å²) in [5, 5.41) is 7.59. The first-order chi connectivity index (χ1) is 14.5. The van der Waals surface area contributed by atoms with Crippen LogP contribution in [0.3, 0.4) is 0 Å². The van der Waals surface area contributed by atoms with Crippen molar-refractivity contribution in [2.24, 2.45) is 0 Å². The molecule has 30 heavy (non-hydrogen) atoms. The molecule has 0 spiro atoms. The highest BCUT2D eigenvalue weighted by atomic mass is 32.1. The highest BCUT2D eigenvalue weighted by Gasteiger charge is 2.27. The van der Waals surface area contributed by atoms with Gasteiger partial charge in [-0.2, -0.15) is 0 Å². The Morgan fingerprint density at radius 1 is 1.03 bits per heavy atom. The number of para-hydroxylation sites is 2.